The van der Waals surface area contributed by atoms with Crippen LogP contribution < -0.4 is 11.1 Å². The Morgan fingerprint density at radius 3 is 3.08 bits per heavy atom. The maximum atomic E-state index is 5.79. The summed E-state index contributed by atoms with van der Waals surface area (Å²) in [6.45, 7) is 4.12. The molecule has 74 valence electrons. The Morgan fingerprint density at radius 2 is 2.46 bits per heavy atom. The van der Waals surface area contributed by atoms with Crippen molar-refractivity contribution in [2.24, 2.45) is 5.73 Å². The third-order valence-corrected chi connectivity index (χ3v) is 2.86. The summed E-state index contributed by atoms with van der Waals surface area (Å²) in [5.41, 5.74) is 7.16. The van der Waals surface area contributed by atoms with Crippen molar-refractivity contribution in [3.05, 3.63) is 22.4 Å². The van der Waals surface area contributed by atoms with Gasteiger partial charge in [-0.3, -0.25) is 0 Å². The first-order chi connectivity index (χ1) is 6.33. The Labute approximate surface area is 84.2 Å². The quantitative estimate of drug-likeness (QED) is 0.686. The molecule has 0 saturated carbocycles. The molecule has 0 saturated heterocycles. The van der Waals surface area contributed by atoms with Crippen molar-refractivity contribution in [2.45, 2.75) is 32.4 Å². The molecule has 0 aromatic carbocycles. The molecule has 3 N–H and O–H groups in total. The van der Waals surface area contributed by atoms with Gasteiger partial charge in [0.05, 0.1) is 0 Å². The fourth-order valence-corrected chi connectivity index (χ4v) is 1.79. The molecule has 1 atom stereocenters. The minimum Gasteiger partial charge on any atom is -0.328 e. The van der Waals surface area contributed by atoms with Gasteiger partial charge in [0.2, 0.25) is 0 Å². The van der Waals surface area contributed by atoms with E-state index in [4.69, 9.17) is 5.73 Å². The van der Waals surface area contributed by atoms with E-state index in [1.807, 2.05) is 0 Å². The van der Waals surface area contributed by atoms with Crippen molar-refractivity contribution in [2.75, 3.05) is 6.54 Å². The first kappa shape index (κ1) is 10.7. The van der Waals surface area contributed by atoms with Gasteiger partial charge in [0.1, 0.15) is 0 Å². The van der Waals surface area contributed by atoms with E-state index < -0.39 is 0 Å². The lowest BCUT2D eigenvalue weighted by Gasteiger charge is -2.08. The van der Waals surface area contributed by atoms with Crippen molar-refractivity contribution >= 4 is 11.3 Å². The molecule has 0 fully saturated rings. The summed E-state index contributed by atoms with van der Waals surface area (Å²) < 4.78 is 0. The van der Waals surface area contributed by atoms with E-state index in [2.05, 4.69) is 29.1 Å². The minimum absolute atomic E-state index is 0.356. The summed E-state index contributed by atoms with van der Waals surface area (Å²) in [6.07, 6.45) is 2.14. The highest BCUT2D eigenvalue weighted by atomic mass is 32.1. The fraction of sp³-hybridized carbons (Fsp3) is 0.600. The monoisotopic (exact) mass is 198 g/mol. The van der Waals surface area contributed by atoms with Crippen LogP contribution in [0.25, 0.3) is 0 Å². The standard InChI is InChI=1S/C10H18N2S/c1-2-10(11)3-5-12-7-9-4-6-13-8-9/h4,6,8,10,12H,2-3,5,7,11H2,1H3. The van der Waals surface area contributed by atoms with E-state index >= 15 is 0 Å². The summed E-state index contributed by atoms with van der Waals surface area (Å²) in [4.78, 5) is 0. The summed E-state index contributed by atoms with van der Waals surface area (Å²) in [5.74, 6) is 0. The van der Waals surface area contributed by atoms with Gasteiger partial charge in [-0.1, -0.05) is 6.92 Å². The van der Waals surface area contributed by atoms with E-state index in [-0.39, 0.29) is 0 Å². The third-order valence-electron chi connectivity index (χ3n) is 2.13. The molecule has 0 spiro atoms. The van der Waals surface area contributed by atoms with Gasteiger partial charge in [-0.25, -0.2) is 0 Å². The van der Waals surface area contributed by atoms with Crippen molar-refractivity contribution in [1.82, 2.24) is 5.32 Å². The molecule has 0 bridgehead atoms. The molecule has 1 aromatic heterocycles. The lowest BCUT2D eigenvalue weighted by molar-refractivity contribution is 0.550. The van der Waals surface area contributed by atoms with Gasteiger partial charge < -0.3 is 11.1 Å². The highest BCUT2D eigenvalue weighted by Crippen LogP contribution is 2.04. The average Bonchev–Trinajstić information content (AvgIpc) is 2.64. The van der Waals surface area contributed by atoms with Crippen molar-refractivity contribution in [3.8, 4) is 0 Å². The Kier molecular flexibility index (Phi) is 5.05. The van der Waals surface area contributed by atoms with Crippen LogP contribution in [-0.2, 0) is 6.54 Å². The Bertz CT molecular complexity index is 209. The van der Waals surface area contributed by atoms with E-state index in [0.717, 1.165) is 25.9 Å². The molecule has 1 unspecified atom stereocenters. The first-order valence-electron chi connectivity index (χ1n) is 4.80. The Morgan fingerprint density at radius 1 is 1.62 bits per heavy atom. The summed E-state index contributed by atoms with van der Waals surface area (Å²) >= 11 is 1.74. The van der Waals surface area contributed by atoms with E-state index in [0.29, 0.717) is 6.04 Å². The molecule has 13 heavy (non-hydrogen) atoms. The van der Waals surface area contributed by atoms with Gasteiger partial charge in [0, 0.05) is 12.6 Å². The van der Waals surface area contributed by atoms with Gasteiger partial charge in [0.15, 0.2) is 0 Å². The highest BCUT2D eigenvalue weighted by molar-refractivity contribution is 7.07. The average molecular weight is 198 g/mol. The number of thiophene rings is 1. The zero-order valence-corrected chi connectivity index (χ0v) is 8.94. The van der Waals surface area contributed by atoms with Gasteiger partial charge in [-0.05, 0) is 41.8 Å². The Balaban J connectivity index is 2.02. The number of nitrogens with two attached hydrogens (primary N) is 1. The van der Waals surface area contributed by atoms with Crippen molar-refractivity contribution < 1.29 is 0 Å². The lowest BCUT2D eigenvalue weighted by atomic mass is 10.2. The smallest absolute Gasteiger partial charge is 0.0213 e. The molecule has 1 rings (SSSR count). The largest absolute Gasteiger partial charge is 0.328 e. The predicted octanol–water partition coefficient (Wildman–Crippen LogP) is 1.97. The maximum Gasteiger partial charge on any atom is 0.0213 e. The zero-order chi connectivity index (χ0) is 9.52. The van der Waals surface area contributed by atoms with Crippen LogP contribution in [0, 0.1) is 0 Å². The normalized spacial score (nSPS) is 13.1. The number of nitrogens with one attached hydrogen (secondary N) is 1. The second-order valence-corrected chi connectivity index (χ2v) is 4.05. The molecule has 0 aliphatic carbocycles. The van der Waals surface area contributed by atoms with Crippen molar-refractivity contribution in [1.29, 1.82) is 0 Å². The molecule has 1 heterocycles. The highest BCUT2D eigenvalue weighted by Gasteiger charge is 1.97. The maximum absolute atomic E-state index is 5.79. The second-order valence-electron chi connectivity index (χ2n) is 3.27. The Hall–Kier alpha value is -0.380. The molecular formula is C10H18N2S. The summed E-state index contributed by atoms with van der Waals surface area (Å²) in [5, 5.41) is 7.66. The number of rotatable bonds is 6. The van der Waals surface area contributed by atoms with E-state index in [1.54, 1.807) is 11.3 Å². The minimum atomic E-state index is 0.356. The summed E-state index contributed by atoms with van der Waals surface area (Å²) in [7, 11) is 0. The van der Waals surface area contributed by atoms with Crippen molar-refractivity contribution in [3.63, 3.8) is 0 Å². The number of hydrogen-bond donors (Lipinski definition) is 2. The van der Waals surface area contributed by atoms with Gasteiger partial charge in [-0.2, -0.15) is 11.3 Å². The lowest BCUT2D eigenvalue weighted by Crippen LogP contribution is -2.25. The first-order valence-corrected chi connectivity index (χ1v) is 5.74. The fourth-order valence-electron chi connectivity index (χ4n) is 1.12. The van der Waals surface area contributed by atoms with Gasteiger partial charge in [0.25, 0.3) is 0 Å². The molecule has 0 radical (unpaired) electrons. The van der Waals surface area contributed by atoms with E-state index in [9.17, 15) is 0 Å². The van der Waals surface area contributed by atoms with Gasteiger partial charge >= 0.3 is 0 Å². The molecule has 0 aliphatic heterocycles. The van der Waals surface area contributed by atoms with Crippen LogP contribution in [0.2, 0.25) is 0 Å². The SMILES string of the molecule is CCC(N)CCNCc1ccsc1. The second kappa shape index (κ2) is 6.13. The van der Waals surface area contributed by atoms with E-state index in [1.165, 1.54) is 5.56 Å². The zero-order valence-electron chi connectivity index (χ0n) is 8.12. The topological polar surface area (TPSA) is 38.0 Å². The van der Waals surface area contributed by atoms with Crippen LogP contribution in [0.4, 0.5) is 0 Å². The molecule has 0 amide bonds. The van der Waals surface area contributed by atoms with Crippen LogP contribution >= 0.6 is 11.3 Å². The molecule has 0 aliphatic rings. The predicted molar refractivity (Wildman–Crippen MR) is 58.9 cm³/mol. The molecule has 2 nitrogen and oxygen atoms in total. The van der Waals surface area contributed by atoms with Crippen LogP contribution in [0.5, 0.6) is 0 Å². The summed E-state index contributed by atoms with van der Waals surface area (Å²) in [6, 6.07) is 2.51. The van der Waals surface area contributed by atoms with Gasteiger partial charge in [-0.15, -0.1) is 0 Å². The molecule has 3 heteroatoms. The van der Waals surface area contributed by atoms with Crippen LogP contribution in [0.15, 0.2) is 16.8 Å². The van der Waals surface area contributed by atoms with Crippen LogP contribution in [0.3, 0.4) is 0 Å². The molecule has 1 aromatic rings. The van der Waals surface area contributed by atoms with Crippen LogP contribution in [-0.4, -0.2) is 12.6 Å². The van der Waals surface area contributed by atoms with Crippen LogP contribution in [0.1, 0.15) is 25.3 Å². The number of hydrogen-bond acceptors (Lipinski definition) is 3. The third kappa shape index (κ3) is 4.41. The molecular weight excluding hydrogens is 180 g/mol.